The number of nitrogens with zero attached hydrogens (tertiary/aromatic N) is 2. The van der Waals surface area contributed by atoms with Crippen LogP contribution < -0.4 is 16.2 Å². The first-order valence-corrected chi connectivity index (χ1v) is 10.3. The Balaban J connectivity index is 1.41. The van der Waals surface area contributed by atoms with E-state index in [2.05, 4.69) is 10.6 Å². The van der Waals surface area contributed by atoms with Crippen molar-refractivity contribution in [3.05, 3.63) is 88.3 Å². The summed E-state index contributed by atoms with van der Waals surface area (Å²) in [5.74, 6) is -0.242. The lowest BCUT2D eigenvalue weighted by Crippen LogP contribution is -2.45. The van der Waals surface area contributed by atoms with Gasteiger partial charge in [-0.15, -0.1) is 0 Å². The van der Waals surface area contributed by atoms with Crippen molar-refractivity contribution in [1.29, 1.82) is 0 Å². The second-order valence-corrected chi connectivity index (χ2v) is 7.67. The van der Waals surface area contributed by atoms with Gasteiger partial charge in [0.25, 0.3) is 5.56 Å². The molecule has 0 radical (unpaired) electrons. The highest BCUT2D eigenvalue weighted by Gasteiger charge is 2.34. The molecule has 0 saturated carbocycles. The van der Waals surface area contributed by atoms with E-state index >= 15 is 0 Å². The highest BCUT2D eigenvalue weighted by atomic mass is 35.5. The van der Waals surface area contributed by atoms with Crippen molar-refractivity contribution in [2.45, 2.75) is 18.9 Å². The topological polar surface area (TPSA) is 83.4 Å². The molecule has 1 atom stereocenters. The number of benzene rings is 2. The van der Waals surface area contributed by atoms with E-state index in [-0.39, 0.29) is 17.5 Å². The summed E-state index contributed by atoms with van der Waals surface area (Å²) >= 11 is 5.88. The molecule has 3 aromatic rings. The van der Waals surface area contributed by atoms with E-state index in [0.717, 1.165) is 6.42 Å². The lowest BCUT2D eigenvalue weighted by Gasteiger charge is -2.24. The number of carbonyl (C=O) groups is 2. The molecule has 0 aliphatic carbocycles. The van der Waals surface area contributed by atoms with Gasteiger partial charge in [-0.25, -0.2) is 4.79 Å². The van der Waals surface area contributed by atoms with Crippen LogP contribution in [0.25, 0.3) is 5.69 Å². The Bertz CT molecular complexity index is 1140. The van der Waals surface area contributed by atoms with E-state index in [0.29, 0.717) is 35.1 Å². The van der Waals surface area contributed by atoms with Gasteiger partial charge in [-0.2, -0.15) is 0 Å². The number of nitrogens with one attached hydrogen (secondary N) is 2. The average Bonchev–Trinajstić information content (AvgIpc) is 3.27. The summed E-state index contributed by atoms with van der Waals surface area (Å²) in [4.78, 5) is 39.0. The average molecular weight is 437 g/mol. The zero-order valence-corrected chi connectivity index (χ0v) is 17.4. The summed E-state index contributed by atoms with van der Waals surface area (Å²) in [5.41, 5.74) is 1.79. The zero-order chi connectivity index (χ0) is 21.8. The van der Waals surface area contributed by atoms with Crippen LogP contribution in [-0.4, -0.2) is 34.0 Å². The summed E-state index contributed by atoms with van der Waals surface area (Å²) < 4.78 is 1.52. The third-order valence-corrected chi connectivity index (χ3v) is 5.40. The number of carbonyl (C=O) groups excluding carboxylic acids is 2. The Labute approximate surface area is 184 Å². The monoisotopic (exact) mass is 436 g/mol. The molecule has 1 unspecified atom stereocenters. The van der Waals surface area contributed by atoms with Crippen molar-refractivity contribution in [3.8, 4) is 5.69 Å². The van der Waals surface area contributed by atoms with E-state index in [9.17, 15) is 14.4 Å². The van der Waals surface area contributed by atoms with Crippen LogP contribution in [0.5, 0.6) is 0 Å². The molecule has 31 heavy (non-hydrogen) atoms. The maximum absolute atomic E-state index is 12.8. The number of halogens is 1. The zero-order valence-electron chi connectivity index (χ0n) is 16.6. The standard InChI is InChI=1S/C23H21ClN4O3/c24-16-6-8-18(9-7-16)26-23(31)28-15-3-4-20(28)22(30)25-17-10-12-19(13-11-17)27-14-2-1-5-21(27)29/h1-2,5-14,20H,3-4,15H2,(H,25,30)(H,26,31). The maximum Gasteiger partial charge on any atom is 0.322 e. The highest BCUT2D eigenvalue weighted by Crippen LogP contribution is 2.22. The first-order chi connectivity index (χ1) is 15.0. The number of likely N-dealkylation sites (tertiary alicyclic amines) is 1. The van der Waals surface area contributed by atoms with E-state index in [1.165, 1.54) is 10.6 Å². The van der Waals surface area contributed by atoms with Gasteiger partial charge in [0.2, 0.25) is 5.91 Å². The van der Waals surface area contributed by atoms with Gasteiger partial charge in [0, 0.05) is 40.9 Å². The van der Waals surface area contributed by atoms with Crippen molar-refractivity contribution in [3.63, 3.8) is 0 Å². The lowest BCUT2D eigenvalue weighted by molar-refractivity contribution is -0.119. The second-order valence-electron chi connectivity index (χ2n) is 7.23. The van der Waals surface area contributed by atoms with Crippen molar-refractivity contribution < 1.29 is 9.59 Å². The van der Waals surface area contributed by atoms with Gasteiger partial charge < -0.3 is 15.5 Å². The second kappa shape index (κ2) is 9.06. The van der Waals surface area contributed by atoms with Gasteiger partial charge >= 0.3 is 6.03 Å². The molecule has 1 fully saturated rings. The Hall–Kier alpha value is -3.58. The van der Waals surface area contributed by atoms with Gasteiger partial charge in [0.15, 0.2) is 0 Å². The number of urea groups is 1. The minimum Gasteiger partial charge on any atom is -0.324 e. The first kappa shape index (κ1) is 20.7. The van der Waals surface area contributed by atoms with Gasteiger partial charge in [-0.05, 0) is 67.4 Å². The first-order valence-electron chi connectivity index (χ1n) is 9.93. The molecule has 0 bridgehead atoms. The number of anilines is 2. The summed E-state index contributed by atoms with van der Waals surface area (Å²) in [7, 11) is 0. The van der Waals surface area contributed by atoms with Crippen LogP contribution in [0.15, 0.2) is 77.7 Å². The summed E-state index contributed by atoms with van der Waals surface area (Å²) in [6.07, 6.45) is 3.03. The Morgan fingerprint density at radius 1 is 0.903 bits per heavy atom. The van der Waals surface area contributed by atoms with E-state index in [1.54, 1.807) is 71.8 Å². The molecular weight excluding hydrogens is 416 g/mol. The van der Waals surface area contributed by atoms with E-state index in [4.69, 9.17) is 11.6 Å². The SMILES string of the molecule is O=C(Nc1ccc(-n2ccccc2=O)cc1)C1CCCN1C(=O)Nc1ccc(Cl)cc1. The van der Waals surface area contributed by atoms with E-state index < -0.39 is 6.04 Å². The predicted octanol–water partition coefficient (Wildman–Crippen LogP) is 4.13. The third-order valence-electron chi connectivity index (χ3n) is 5.15. The normalized spacial score (nSPS) is 15.5. The number of pyridine rings is 1. The number of aromatic nitrogens is 1. The fourth-order valence-corrected chi connectivity index (χ4v) is 3.71. The quantitative estimate of drug-likeness (QED) is 0.645. The molecule has 0 spiro atoms. The van der Waals surface area contributed by atoms with Crippen LogP contribution in [0, 0.1) is 0 Å². The van der Waals surface area contributed by atoms with Crippen LogP contribution in [0.4, 0.5) is 16.2 Å². The molecule has 7 nitrogen and oxygen atoms in total. The molecule has 2 aromatic carbocycles. The van der Waals surface area contributed by atoms with Gasteiger partial charge in [-0.1, -0.05) is 17.7 Å². The minimum atomic E-state index is -0.552. The Morgan fingerprint density at radius 2 is 1.58 bits per heavy atom. The van der Waals surface area contributed by atoms with Gasteiger partial charge in [0.1, 0.15) is 6.04 Å². The number of amides is 3. The van der Waals surface area contributed by atoms with Crippen molar-refractivity contribution in [1.82, 2.24) is 9.47 Å². The largest absolute Gasteiger partial charge is 0.324 e. The fraction of sp³-hybridized carbons (Fsp3) is 0.174. The van der Waals surface area contributed by atoms with Crippen LogP contribution in [0.3, 0.4) is 0 Å². The van der Waals surface area contributed by atoms with Crippen molar-refractivity contribution >= 4 is 34.9 Å². The minimum absolute atomic E-state index is 0.132. The molecule has 1 saturated heterocycles. The van der Waals surface area contributed by atoms with Crippen LogP contribution in [0.1, 0.15) is 12.8 Å². The van der Waals surface area contributed by atoms with Crippen molar-refractivity contribution in [2.75, 3.05) is 17.2 Å². The van der Waals surface area contributed by atoms with Crippen LogP contribution in [-0.2, 0) is 4.79 Å². The number of rotatable bonds is 4. The molecule has 2 N–H and O–H groups in total. The summed E-state index contributed by atoms with van der Waals surface area (Å²) in [6, 6.07) is 17.9. The fourth-order valence-electron chi connectivity index (χ4n) is 3.58. The molecule has 4 rings (SSSR count). The molecular formula is C23H21ClN4O3. The molecule has 1 aromatic heterocycles. The Kier molecular flexibility index (Phi) is 6.04. The van der Waals surface area contributed by atoms with Crippen molar-refractivity contribution in [2.24, 2.45) is 0 Å². The molecule has 2 heterocycles. The lowest BCUT2D eigenvalue weighted by atomic mass is 10.2. The molecule has 3 amide bonds. The van der Waals surface area contributed by atoms with Gasteiger partial charge in [0.05, 0.1) is 0 Å². The maximum atomic E-state index is 12.8. The molecule has 158 valence electrons. The van der Waals surface area contributed by atoms with Crippen LogP contribution in [0.2, 0.25) is 5.02 Å². The molecule has 8 heteroatoms. The highest BCUT2D eigenvalue weighted by molar-refractivity contribution is 6.30. The van der Waals surface area contributed by atoms with E-state index in [1.807, 2.05) is 0 Å². The number of hydrogen-bond donors (Lipinski definition) is 2. The number of hydrogen-bond acceptors (Lipinski definition) is 3. The summed E-state index contributed by atoms with van der Waals surface area (Å²) in [5, 5.41) is 6.26. The smallest absolute Gasteiger partial charge is 0.322 e. The molecule has 1 aliphatic rings. The van der Waals surface area contributed by atoms with Crippen LogP contribution >= 0.6 is 11.6 Å². The molecule has 1 aliphatic heterocycles. The summed E-state index contributed by atoms with van der Waals surface area (Å²) in [6.45, 7) is 0.507. The Morgan fingerprint density at radius 3 is 2.29 bits per heavy atom. The predicted molar refractivity (Wildman–Crippen MR) is 121 cm³/mol. The third kappa shape index (κ3) is 4.78. The van der Waals surface area contributed by atoms with Gasteiger partial charge in [-0.3, -0.25) is 14.2 Å².